The van der Waals surface area contributed by atoms with Gasteiger partial charge in [-0.05, 0) is 56.1 Å². The van der Waals surface area contributed by atoms with Gasteiger partial charge >= 0.3 is 0 Å². The fourth-order valence-electron chi connectivity index (χ4n) is 3.96. The van der Waals surface area contributed by atoms with Crippen LogP contribution in [0.4, 0.5) is 0 Å². The fraction of sp³-hybridized carbons (Fsp3) is 0.520. The Balaban J connectivity index is 1.32. The second kappa shape index (κ2) is 12.5. The Morgan fingerprint density at radius 3 is 2.34 bits per heavy atom. The van der Waals surface area contributed by atoms with Crippen LogP contribution in [0.5, 0.6) is 0 Å². The first kappa shape index (κ1) is 22.5. The summed E-state index contributed by atoms with van der Waals surface area (Å²) in [6.45, 7) is 1.43. The molecule has 1 saturated heterocycles. The smallest absolute Gasteiger partial charge is 0.0716 e. The lowest BCUT2D eigenvalue weighted by Gasteiger charge is -2.34. The molecule has 0 spiro atoms. The van der Waals surface area contributed by atoms with Crippen molar-refractivity contribution in [3.63, 3.8) is 0 Å². The van der Waals surface area contributed by atoms with Crippen molar-refractivity contribution in [2.75, 3.05) is 6.61 Å². The molecule has 0 radical (unpaired) electrons. The zero-order chi connectivity index (χ0) is 20.3. The summed E-state index contributed by atoms with van der Waals surface area (Å²) in [5.74, 6) is 0. The zero-order valence-corrected chi connectivity index (χ0v) is 18.7. The van der Waals surface area contributed by atoms with E-state index in [1.54, 1.807) is 0 Å². The van der Waals surface area contributed by atoms with Gasteiger partial charge in [0.25, 0.3) is 0 Å². The van der Waals surface area contributed by atoms with Crippen molar-refractivity contribution in [1.82, 2.24) is 0 Å². The summed E-state index contributed by atoms with van der Waals surface area (Å²) in [7, 11) is 0. The van der Waals surface area contributed by atoms with Gasteiger partial charge in [0.05, 0.1) is 24.9 Å². The second-order valence-electron chi connectivity index (χ2n) is 8.04. The van der Waals surface area contributed by atoms with Crippen molar-refractivity contribution in [2.24, 2.45) is 0 Å². The molecule has 0 bridgehead atoms. The second-order valence-corrected chi connectivity index (χ2v) is 9.34. The number of alkyl halides is 1. The maximum atomic E-state index is 10.5. The van der Waals surface area contributed by atoms with E-state index in [1.165, 1.54) is 11.1 Å². The van der Waals surface area contributed by atoms with Crippen LogP contribution in [0.1, 0.15) is 49.7 Å². The predicted molar refractivity (Wildman–Crippen MR) is 121 cm³/mol. The highest BCUT2D eigenvalue weighted by atomic mass is 79.9. The number of aliphatic hydroxyl groups is 1. The van der Waals surface area contributed by atoms with E-state index in [0.29, 0.717) is 11.4 Å². The van der Waals surface area contributed by atoms with Crippen LogP contribution in [0.15, 0.2) is 60.7 Å². The third-order valence-corrected chi connectivity index (χ3v) is 6.24. The number of benzene rings is 2. The fourth-order valence-corrected chi connectivity index (χ4v) is 4.80. The number of halogens is 1. The molecule has 0 amide bonds. The monoisotopic (exact) mass is 460 g/mol. The van der Waals surface area contributed by atoms with Gasteiger partial charge in [-0.15, -0.1) is 0 Å². The average Bonchev–Trinajstić information content (AvgIpc) is 2.73. The average molecular weight is 461 g/mol. The Kier molecular flexibility index (Phi) is 9.68. The number of aryl methyl sites for hydroxylation is 1. The predicted octanol–water partition coefficient (Wildman–Crippen LogP) is 5.68. The summed E-state index contributed by atoms with van der Waals surface area (Å²) in [6.07, 6.45) is 6.51. The molecule has 1 heterocycles. The summed E-state index contributed by atoms with van der Waals surface area (Å²) in [5, 5.41) is 10.5. The Morgan fingerprint density at radius 1 is 0.966 bits per heavy atom. The first-order chi connectivity index (χ1) is 14.2. The van der Waals surface area contributed by atoms with Gasteiger partial charge in [0, 0.05) is 11.4 Å². The summed E-state index contributed by atoms with van der Waals surface area (Å²) >= 11 is 3.80. The third-order valence-electron chi connectivity index (χ3n) is 5.49. The molecule has 2 aromatic carbocycles. The van der Waals surface area contributed by atoms with Crippen molar-refractivity contribution in [2.45, 2.75) is 74.7 Å². The molecule has 4 atom stereocenters. The van der Waals surface area contributed by atoms with Crippen molar-refractivity contribution in [1.29, 1.82) is 0 Å². The van der Waals surface area contributed by atoms with E-state index in [-0.39, 0.29) is 18.3 Å². The minimum Gasteiger partial charge on any atom is -0.393 e. The lowest BCUT2D eigenvalue weighted by molar-refractivity contribution is -0.0714. The van der Waals surface area contributed by atoms with E-state index >= 15 is 0 Å². The van der Waals surface area contributed by atoms with Crippen molar-refractivity contribution < 1.29 is 14.6 Å². The first-order valence-electron chi connectivity index (χ1n) is 10.8. The van der Waals surface area contributed by atoms with Crippen molar-refractivity contribution in [3.05, 3.63) is 71.8 Å². The molecule has 0 saturated carbocycles. The van der Waals surface area contributed by atoms with Gasteiger partial charge in [-0.2, -0.15) is 0 Å². The Labute approximate surface area is 183 Å². The standard InChI is InChI=1S/C25H33BrO3/c26-22-16-24(12-7-15-28-19-21-10-5-2-6-11-21)29-25(17-22)18-23(27)14-13-20-8-3-1-4-9-20/h1-6,8-11,22-25,27H,7,12-19H2/t22-,23?,24+,25+/m1/s1. The number of hydrogen-bond acceptors (Lipinski definition) is 3. The number of hydrogen-bond donors (Lipinski definition) is 1. The highest BCUT2D eigenvalue weighted by Gasteiger charge is 2.29. The minimum atomic E-state index is -0.312. The van der Waals surface area contributed by atoms with E-state index in [0.717, 1.165) is 51.6 Å². The van der Waals surface area contributed by atoms with Gasteiger partial charge < -0.3 is 14.6 Å². The van der Waals surface area contributed by atoms with E-state index in [9.17, 15) is 5.11 Å². The van der Waals surface area contributed by atoms with E-state index in [2.05, 4.69) is 52.3 Å². The number of ether oxygens (including phenoxy) is 2. The Bertz CT molecular complexity index is 679. The molecule has 1 N–H and O–H groups in total. The van der Waals surface area contributed by atoms with E-state index < -0.39 is 0 Å². The maximum absolute atomic E-state index is 10.5. The van der Waals surface area contributed by atoms with Gasteiger partial charge in [0.2, 0.25) is 0 Å². The summed E-state index contributed by atoms with van der Waals surface area (Å²) in [4.78, 5) is 0.470. The van der Waals surface area contributed by atoms with Crippen LogP contribution in [-0.2, 0) is 22.5 Å². The van der Waals surface area contributed by atoms with Crippen LogP contribution in [0, 0.1) is 0 Å². The lowest BCUT2D eigenvalue weighted by atomic mass is 9.95. The minimum absolute atomic E-state index is 0.133. The summed E-state index contributed by atoms with van der Waals surface area (Å²) in [5.41, 5.74) is 2.49. The third kappa shape index (κ3) is 8.59. The van der Waals surface area contributed by atoms with E-state index in [1.807, 2.05) is 24.3 Å². The molecule has 158 valence electrons. The quantitative estimate of drug-likeness (QED) is 0.346. The lowest BCUT2D eigenvalue weighted by Crippen LogP contribution is -2.35. The van der Waals surface area contributed by atoms with Gasteiger partial charge in [-0.1, -0.05) is 76.6 Å². The van der Waals surface area contributed by atoms with E-state index in [4.69, 9.17) is 9.47 Å². The van der Waals surface area contributed by atoms with Crippen LogP contribution in [0.2, 0.25) is 0 Å². The highest BCUT2D eigenvalue weighted by Crippen LogP contribution is 2.30. The summed E-state index contributed by atoms with van der Waals surface area (Å²) in [6, 6.07) is 20.7. The Hall–Kier alpha value is -1.20. The molecule has 1 fully saturated rings. The highest BCUT2D eigenvalue weighted by molar-refractivity contribution is 9.09. The molecular weight excluding hydrogens is 428 g/mol. The topological polar surface area (TPSA) is 38.7 Å². The van der Waals surface area contributed by atoms with Crippen LogP contribution in [-0.4, -0.2) is 34.9 Å². The maximum Gasteiger partial charge on any atom is 0.0716 e. The SMILES string of the molecule is OC(CCc1ccccc1)C[C@@H]1C[C@H](Br)C[C@H](CCCOCc2ccccc2)O1. The van der Waals surface area contributed by atoms with Crippen LogP contribution >= 0.6 is 15.9 Å². The molecule has 29 heavy (non-hydrogen) atoms. The molecule has 3 nitrogen and oxygen atoms in total. The Morgan fingerprint density at radius 2 is 1.62 bits per heavy atom. The molecule has 1 aliphatic rings. The molecule has 1 aliphatic heterocycles. The van der Waals surface area contributed by atoms with Gasteiger partial charge in [-0.25, -0.2) is 0 Å². The molecule has 0 aromatic heterocycles. The zero-order valence-electron chi connectivity index (χ0n) is 17.1. The summed E-state index contributed by atoms with van der Waals surface area (Å²) < 4.78 is 12.1. The molecule has 4 heteroatoms. The largest absolute Gasteiger partial charge is 0.393 e. The molecule has 0 aliphatic carbocycles. The van der Waals surface area contributed by atoms with Gasteiger partial charge in [0.15, 0.2) is 0 Å². The van der Waals surface area contributed by atoms with Crippen LogP contribution < -0.4 is 0 Å². The van der Waals surface area contributed by atoms with Gasteiger partial charge in [-0.3, -0.25) is 0 Å². The van der Waals surface area contributed by atoms with Crippen LogP contribution in [0.3, 0.4) is 0 Å². The van der Waals surface area contributed by atoms with Gasteiger partial charge in [0.1, 0.15) is 0 Å². The van der Waals surface area contributed by atoms with Crippen molar-refractivity contribution in [3.8, 4) is 0 Å². The molecular formula is C25H33BrO3. The molecule has 3 rings (SSSR count). The van der Waals surface area contributed by atoms with Crippen LogP contribution in [0.25, 0.3) is 0 Å². The first-order valence-corrected chi connectivity index (χ1v) is 11.7. The molecule has 2 aromatic rings. The van der Waals surface area contributed by atoms with Crippen molar-refractivity contribution >= 4 is 15.9 Å². The number of aliphatic hydroxyl groups excluding tert-OH is 1. The normalized spacial score (nSPS) is 23.0. The molecule has 1 unspecified atom stereocenters. The number of rotatable bonds is 11.